The fourth-order valence-corrected chi connectivity index (χ4v) is 2.72. The Labute approximate surface area is 109 Å². The van der Waals surface area contributed by atoms with Crippen LogP contribution in [-0.4, -0.2) is 11.7 Å². The molecule has 0 amide bonds. The first kappa shape index (κ1) is 13.2. The summed E-state index contributed by atoms with van der Waals surface area (Å²) in [4.78, 5) is 0. The maximum Gasteiger partial charge on any atom is 0.128 e. The second kappa shape index (κ2) is 4.16. The summed E-state index contributed by atoms with van der Waals surface area (Å²) in [6.45, 7) is 10.2. The average molecular weight is 249 g/mol. The highest BCUT2D eigenvalue weighted by molar-refractivity contribution is 5.46. The molecule has 1 aliphatic heterocycles. The lowest BCUT2D eigenvalue weighted by molar-refractivity contribution is 0.0498. The number of ether oxygens (including phenoxy) is 2. The van der Waals surface area contributed by atoms with E-state index in [4.69, 9.17) is 15.2 Å². The Bertz CT molecular complexity index is 450. The molecule has 3 nitrogen and oxygen atoms in total. The van der Waals surface area contributed by atoms with Crippen molar-refractivity contribution in [2.45, 2.75) is 58.3 Å². The summed E-state index contributed by atoms with van der Waals surface area (Å²) in [6.07, 6.45) is 0.959. The van der Waals surface area contributed by atoms with E-state index in [1.54, 1.807) is 0 Å². The van der Waals surface area contributed by atoms with E-state index < -0.39 is 0 Å². The third-order valence-corrected chi connectivity index (χ3v) is 3.12. The molecule has 0 saturated carbocycles. The van der Waals surface area contributed by atoms with Gasteiger partial charge in [-0.25, -0.2) is 0 Å². The van der Waals surface area contributed by atoms with Crippen molar-refractivity contribution < 1.29 is 9.47 Å². The van der Waals surface area contributed by atoms with Gasteiger partial charge in [-0.3, -0.25) is 0 Å². The molecular weight excluding hydrogens is 226 g/mol. The van der Waals surface area contributed by atoms with Gasteiger partial charge in [-0.15, -0.1) is 0 Å². The third kappa shape index (κ3) is 2.61. The van der Waals surface area contributed by atoms with Gasteiger partial charge >= 0.3 is 0 Å². The summed E-state index contributed by atoms with van der Waals surface area (Å²) in [7, 11) is 0. The van der Waals surface area contributed by atoms with Gasteiger partial charge in [0.1, 0.15) is 17.1 Å². The van der Waals surface area contributed by atoms with Crippen LogP contribution in [0.2, 0.25) is 0 Å². The normalized spacial score (nSPS) is 25.5. The van der Waals surface area contributed by atoms with Crippen molar-refractivity contribution in [1.82, 2.24) is 0 Å². The minimum Gasteiger partial charge on any atom is -0.491 e. The van der Waals surface area contributed by atoms with Crippen LogP contribution in [0.3, 0.4) is 0 Å². The first-order valence-corrected chi connectivity index (χ1v) is 6.49. The van der Waals surface area contributed by atoms with Crippen molar-refractivity contribution >= 4 is 0 Å². The summed E-state index contributed by atoms with van der Waals surface area (Å²) in [5, 5.41) is 0. The number of benzene rings is 1. The predicted octanol–water partition coefficient (Wildman–Crippen LogP) is 3.21. The SMILES string of the molecule is CC(C)Oc1ccc2c(c1)OC(C)(C)CC2(C)N. The van der Waals surface area contributed by atoms with Gasteiger partial charge in [-0.2, -0.15) is 0 Å². The van der Waals surface area contributed by atoms with Gasteiger partial charge in [-0.05, 0) is 46.8 Å². The Hall–Kier alpha value is -1.22. The molecule has 2 rings (SSSR count). The molecule has 1 unspecified atom stereocenters. The van der Waals surface area contributed by atoms with Crippen molar-refractivity contribution in [3.63, 3.8) is 0 Å². The van der Waals surface area contributed by atoms with Gasteiger partial charge in [0.05, 0.1) is 6.10 Å². The molecule has 1 atom stereocenters. The van der Waals surface area contributed by atoms with Crippen LogP contribution in [-0.2, 0) is 5.54 Å². The lowest BCUT2D eigenvalue weighted by Crippen LogP contribution is -2.47. The monoisotopic (exact) mass is 249 g/mol. The summed E-state index contributed by atoms with van der Waals surface area (Å²) < 4.78 is 11.7. The van der Waals surface area contributed by atoms with E-state index in [-0.39, 0.29) is 17.2 Å². The zero-order valence-corrected chi connectivity index (χ0v) is 11.9. The molecule has 1 aromatic carbocycles. The van der Waals surface area contributed by atoms with Crippen molar-refractivity contribution in [3.8, 4) is 11.5 Å². The van der Waals surface area contributed by atoms with Crippen LogP contribution in [0.25, 0.3) is 0 Å². The number of fused-ring (bicyclic) bond motifs is 1. The molecule has 1 aliphatic rings. The Morgan fingerprint density at radius 3 is 2.56 bits per heavy atom. The third-order valence-electron chi connectivity index (χ3n) is 3.12. The minimum atomic E-state index is -0.354. The molecule has 0 aliphatic carbocycles. The van der Waals surface area contributed by atoms with E-state index in [0.717, 1.165) is 23.5 Å². The van der Waals surface area contributed by atoms with Gasteiger partial charge in [0.2, 0.25) is 0 Å². The van der Waals surface area contributed by atoms with Crippen molar-refractivity contribution in [3.05, 3.63) is 23.8 Å². The summed E-state index contributed by atoms with van der Waals surface area (Å²) in [6, 6.07) is 5.93. The molecule has 1 heterocycles. The van der Waals surface area contributed by atoms with E-state index in [1.807, 2.05) is 32.0 Å². The Morgan fingerprint density at radius 1 is 1.28 bits per heavy atom. The average Bonchev–Trinajstić information content (AvgIpc) is 2.11. The van der Waals surface area contributed by atoms with Crippen molar-refractivity contribution in [1.29, 1.82) is 0 Å². The quantitative estimate of drug-likeness (QED) is 0.875. The highest BCUT2D eigenvalue weighted by atomic mass is 16.5. The van der Waals surface area contributed by atoms with Crippen molar-refractivity contribution in [2.24, 2.45) is 5.73 Å². The molecule has 0 radical (unpaired) electrons. The van der Waals surface area contributed by atoms with Crippen LogP contribution < -0.4 is 15.2 Å². The smallest absolute Gasteiger partial charge is 0.128 e. The topological polar surface area (TPSA) is 44.5 Å². The predicted molar refractivity (Wildman–Crippen MR) is 73.1 cm³/mol. The molecule has 2 N–H and O–H groups in total. The molecule has 0 bridgehead atoms. The largest absolute Gasteiger partial charge is 0.491 e. The van der Waals surface area contributed by atoms with Crippen LogP contribution in [0, 0.1) is 0 Å². The lowest BCUT2D eigenvalue weighted by atomic mass is 9.80. The molecule has 0 aromatic heterocycles. The number of nitrogens with two attached hydrogens (primary N) is 1. The summed E-state index contributed by atoms with van der Waals surface area (Å²) in [5.74, 6) is 1.67. The number of rotatable bonds is 2. The number of hydrogen-bond acceptors (Lipinski definition) is 3. The van der Waals surface area contributed by atoms with Gasteiger partial charge in [0, 0.05) is 23.6 Å². The summed E-state index contributed by atoms with van der Waals surface area (Å²) >= 11 is 0. The maximum atomic E-state index is 6.40. The lowest BCUT2D eigenvalue weighted by Gasteiger charge is -2.42. The van der Waals surface area contributed by atoms with Crippen LogP contribution in [0.5, 0.6) is 11.5 Å². The second-order valence-corrected chi connectivity index (χ2v) is 6.28. The molecule has 0 saturated heterocycles. The molecule has 0 fully saturated rings. The first-order chi connectivity index (χ1) is 8.20. The molecule has 100 valence electrons. The van der Waals surface area contributed by atoms with Crippen LogP contribution in [0.15, 0.2) is 18.2 Å². The van der Waals surface area contributed by atoms with Crippen LogP contribution in [0.1, 0.15) is 46.6 Å². The number of hydrogen-bond donors (Lipinski definition) is 1. The highest BCUT2D eigenvalue weighted by Gasteiger charge is 2.39. The fourth-order valence-electron chi connectivity index (χ4n) is 2.72. The minimum absolute atomic E-state index is 0.156. The van der Waals surface area contributed by atoms with Crippen molar-refractivity contribution in [2.75, 3.05) is 0 Å². The molecule has 3 heteroatoms. The van der Waals surface area contributed by atoms with Gasteiger partial charge in [0.15, 0.2) is 0 Å². The zero-order chi connectivity index (χ0) is 13.6. The fraction of sp³-hybridized carbons (Fsp3) is 0.600. The Balaban J connectivity index is 2.40. The molecule has 1 aromatic rings. The molecular formula is C15H23NO2. The second-order valence-electron chi connectivity index (χ2n) is 6.28. The van der Waals surface area contributed by atoms with Crippen LogP contribution in [0.4, 0.5) is 0 Å². The van der Waals surface area contributed by atoms with Gasteiger partial charge in [0.25, 0.3) is 0 Å². The van der Waals surface area contributed by atoms with Gasteiger partial charge < -0.3 is 15.2 Å². The molecule has 0 spiro atoms. The summed E-state index contributed by atoms with van der Waals surface area (Å²) in [5.41, 5.74) is 6.85. The van der Waals surface area contributed by atoms with E-state index in [0.29, 0.717) is 0 Å². The zero-order valence-electron chi connectivity index (χ0n) is 11.9. The van der Waals surface area contributed by atoms with Gasteiger partial charge in [-0.1, -0.05) is 0 Å². The van der Waals surface area contributed by atoms with E-state index in [9.17, 15) is 0 Å². The first-order valence-electron chi connectivity index (χ1n) is 6.49. The van der Waals surface area contributed by atoms with E-state index >= 15 is 0 Å². The van der Waals surface area contributed by atoms with E-state index in [1.165, 1.54) is 0 Å². The van der Waals surface area contributed by atoms with E-state index in [2.05, 4.69) is 20.8 Å². The standard InChI is InChI=1S/C15H23NO2/c1-10(2)17-11-6-7-12-13(8-11)18-14(3,4)9-15(12,5)16/h6-8,10H,9,16H2,1-5H3. The molecule has 18 heavy (non-hydrogen) atoms. The van der Waals surface area contributed by atoms with Crippen LogP contribution >= 0.6 is 0 Å². The Morgan fingerprint density at radius 2 is 1.94 bits per heavy atom. The maximum absolute atomic E-state index is 6.40. The highest BCUT2D eigenvalue weighted by Crippen LogP contribution is 2.43. The Kier molecular flexibility index (Phi) is 3.06.